The summed E-state index contributed by atoms with van der Waals surface area (Å²) >= 11 is 4.91. The molecule has 1 atom stereocenters. The third kappa shape index (κ3) is 4.87. The average Bonchev–Trinajstić information content (AvgIpc) is 2.39. The van der Waals surface area contributed by atoms with Gasteiger partial charge in [-0.3, -0.25) is 4.79 Å². The molecule has 0 saturated carbocycles. The molecule has 0 aromatic heterocycles. The van der Waals surface area contributed by atoms with E-state index < -0.39 is 0 Å². The number of thiocarbonyl (C=S) groups is 1. The molecule has 1 aromatic carbocycles. The molecule has 104 valence electrons. The second kappa shape index (κ2) is 7.09. The Hall–Kier alpha value is -1.62. The number of carbonyl (C=O) groups excluding carboxylic acids is 1. The fraction of sp³-hybridized carbons (Fsp3) is 0.429. The second-order valence-electron chi connectivity index (χ2n) is 4.60. The van der Waals surface area contributed by atoms with Gasteiger partial charge in [-0.05, 0) is 17.7 Å². The van der Waals surface area contributed by atoms with Gasteiger partial charge in [-0.15, -0.1) is 0 Å². The predicted molar refractivity (Wildman–Crippen MR) is 80.3 cm³/mol. The van der Waals surface area contributed by atoms with Crippen LogP contribution in [0.15, 0.2) is 24.3 Å². The Bertz CT molecular complexity index is 445. The zero-order valence-corrected chi connectivity index (χ0v) is 12.4. The number of amides is 1. The second-order valence-corrected chi connectivity index (χ2v) is 5.07. The highest BCUT2D eigenvalue weighted by molar-refractivity contribution is 7.80. The monoisotopic (exact) mass is 280 g/mol. The summed E-state index contributed by atoms with van der Waals surface area (Å²) in [5.74, 6) is 0.861. The fourth-order valence-corrected chi connectivity index (χ4v) is 1.73. The molecule has 0 heterocycles. The van der Waals surface area contributed by atoms with Gasteiger partial charge in [-0.1, -0.05) is 31.3 Å². The van der Waals surface area contributed by atoms with Crippen LogP contribution in [0.25, 0.3) is 0 Å². The standard InChI is InChI=1S/C14H20N2O2S/c1-10(14(15)19)9-16(2)13(17)8-11-4-6-12(18-3)7-5-11/h4-7,10H,8-9H2,1-3H3,(H2,15,19). The Balaban J connectivity index is 2.55. The third-order valence-corrected chi connectivity index (χ3v) is 3.38. The van der Waals surface area contributed by atoms with Gasteiger partial charge in [0.1, 0.15) is 5.75 Å². The lowest BCUT2D eigenvalue weighted by Gasteiger charge is -2.21. The van der Waals surface area contributed by atoms with Crippen LogP contribution in [-0.2, 0) is 11.2 Å². The van der Waals surface area contributed by atoms with Gasteiger partial charge in [0.25, 0.3) is 0 Å². The van der Waals surface area contributed by atoms with Gasteiger partial charge in [0.2, 0.25) is 5.91 Å². The fourth-order valence-electron chi connectivity index (χ4n) is 1.66. The van der Waals surface area contributed by atoms with Crippen LogP contribution in [0.2, 0.25) is 0 Å². The third-order valence-electron chi connectivity index (χ3n) is 2.97. The average molecular weight is 280 g/mol. The molecule has 0 saturated heterocycles. The van der Waals surface area contributed by atoms with Crippen LogP contribution in [0.5, 0.6) is 5.75 Å². The Labute approximate surface area is 119 Å². The van der Waals surface area contributed by atoms with E-state index in [1.807, 2.05) is 31.2 Å². The van der Waals surface area contributed by atoms with E-state index in [0.29, 0.717) is 18.0 Å². The minimum absolute atomic E-state index is 0.0276. The number of rotatable bonds is 6. The minimum Gasteiger partial charge on any atom is -0.497 e. The van der Waals surface area contributed by atoms with E-state index in [9.17, 15) is 4.79 Å². The van der Waals surface area contributed by atoms with Crippen molar-refractivity contribution in [2.24, 2.45) is 11.7 Å². The summed E-state index contributed by atoms with van der Waals surface area (Å²) in [5, 5.41) is 0. The predicted octanol–water partition coefficient (Wildman–Crippen LogP) is 1.62. The molecule has 0 spiro atoms. The van der Waals surface area contributed by atoms with E-state index >= 15 is 0 Å². The number of likely N-dealkylation sites (N-methyl/N-ethyl adjacent to an activating group) is 1. The number of hydrogen-bond acceptors (Lipinski definition) is 3. The Kier molecular flexibility index (Phi) is 5.76. The summed E-state index contributed by atoms with van der Waals surface area (Å²) < 4.78 is 5.08. The van der Waals surface area contributed by atoms with Crippen LogP contribution in [-0.4, -0.2) is 36.5 Å². The molecule has 1 amide bonds. The van der Waals surface area contributed by atoms with E-state index in [4.69, 9.17) is 22.7 Å². The molecular formula is C14H20N2O2S. The van der Waals surface area contributed by atoms with Crippen molar-refractivity contribution in [1.29, 1.82) is 0 Å². The van der Waals surface area contributed by atoms with Gasteiger partial charge in [-0.25, -0.2) is 0 Å². The summed E-state index contributed by atoms with van der Waals surface area (Å²) in [6, 6.07) is 7.48. The lowest BCUT2D eigenvalue weighted by molar-refractivity contribution is -0.129. The van der Waals surface area contributed by atoms with Crippen LogP contribution in [0.4, 0.5) is 0 Å². The van der Waals surface area contributed by atoms with Gasteiger partial charge in [0.15, 0.2) is 0 Å². The van der Waals surface area contributed by atoms with Crippen molar-refractivity contribution >= 4 is 23.1 Å². The molecule has 0 aliphatic carbocycles. The van der Waals surface area contributed by atoms with E-state index in [1.54, 1.807) is 19.1 Å². The maximum absolute atomic E-state index is 12.0. The van der Waals surface area contributed by atoms with Crippen molar-refractivity contribution in [3.05, 3.63) is 29.8 Å². The van der Waals surface area contributed by atoms with E-state index in [1.165, 1.54) is 0 Å². The summed E-state index contributed by atoms with van der Waals surface area (Å²) in [5.41, 5.74) is 6.51. The number of nitrogens with zero attached hydrogens (tertiary/aromatic N) is 1. The van der Waals surface area contributed by atoms with Crippen molar-refractivity contribution in [1.82, 2.24) is 4.90 Å². The summed E-state index contributed by atoms with van der Waals surface area (Å²) in [7, 11) is 3.38. The number of benzene rings is 1. The van der Waals surface area contributed by atoms with Crippen molar-refractivity contribution in [2.75, 3.05) is 20.7 Å². The smallest absolute Gasteiger partial charge is 0.226 e. The molecule has 1 rings (SSSR count). The zero-order chi connectivity index (χ0) is 14.4. The van der Waals surface area contributed by atoms with Crippen molar-refractivity contribution < 1.29 is 9.53 Å². The topological polar surface area (TPSA) is 55.6 Å². The molecule has 5 heteroatoms. The number of hydrogen-bond donors (Lipinski definition) is 1. The Morgan fingerprint density at radius 2 is 2.00 bits per heavy atom. The molecule has 0 bridgehead atoms. The maximum Gasteiger partial charge on any atom is 0.226 e. The highest BCUT2D eigenvalue weighted by Crippen LogP contribution is 2.12. The molecule has 19 heavy (non-hydrogen) atoms. The molecule has 1 aromatic rings. The molecule has 4 nitrogen and oxygen atoms in total. The van der Waals surface area contributed by atoms with Crippen LogP contribution in [0.3, 0.4) is 0 Å². The van der Waals surface area contributed by atoms with E-state index in [2.05, 4.69) is 0 Å². The highest BCUT2D eigenvalue weighted by atomic mass is 32.1. The first kappa shape index (κ1) is 15.4. The molecular weight excluding hydrogens is 260 g/mol. The van der Waals surface area contributed by atoms with Gasteiger partial charge >= 0.3 is 0 Å². The number of nitrogens with two attached hydrogens (primary N) is 1. The van der Waals surface area contributed by atoms with Gasteiger partial charge in [-0.2, -0.15) is 0 Å². The lowest BCUT2D eigenvalue weighted by atomic mass is 10.1. The highest BCUT2D eigenvalue weighted by Gasteiger charge is 2.14. The molecule has 0 fully saturated rings. The molecule has 0 aliphatic rings. The first-order valence-electron chi connectivity index (χ1n) is 6.10. The van der Waals surface area contributed by atoms with E-state index in [0.717, 1.165) is 11.3 Å². The largest absolute Gasteiger partial charge is 0.497 e. The number of carbonyl (C=O) groups is 1. The molecule has 1 unspecified atom stereocenters. The SMILES string of the molecule is COc1ccc(CC(=O)N(C)CC(C)C(N)=S)cc1. The molecule has 0 aliphatic heterocycles. The lowest BCUT2D eigenvalue weighted by Crippen LogP contribution is -2.36. The van der Waals surface area contributed by atoms with Gasteiger partial charge in [0.05, 0.1) is 18.5 Å². The Morgan fingerprint density at radius 1 is 1.42 bits per heavy atom. The van der Waals surface area contributed by atoms with Crippen LogP contribution < -0.4 is 10.5 Å². The first-order chi connectivity index (χ1) is 8.93. The number of ether oxygens (including phenoxy) is 1. The van der Waals surface area contributed by atoms with Crippen LogP contribution in [0.1, 0.15) is 12.5 Å². The quantitative estimate of drug-likeness (QED) is 0.805. The normalized spacial score (nSPS) is 11.7. The summed E-state index contributed by atoms with van der Waals surface area (Å²) in [6.45, 7) is 2.46. The van der Waals surface area contributed by atoms with Crippen LogP contribution in [0, 0.1) is 5.92 Å². The molecule has 2 N–H and O–H groups in total. The Morgan fingerprint density at radius 3 is 2.47 bits per heavy atom. The minimum atomic E-state index is 0.0276. The first-order valence-corrected chi connectivity index (χ1v) is 6.51. The van der Waals surface area contributed by atoms with Gasteiger partial charge in [0, 0.05) is 19.5 Å². The van der Waals surface area contributed by atoms with Crippen LogP contribution >= 0.6 is 12.2 Å². The zero-order valence-electron chi connectivity index (χ0n) is 11.6. The summed E-state index contributed by atoms with van der Waals surface area (Å²) in [4.78, 5) is 14.1. The molecule has 0 radical (unpaired) electrons. The van der Waals surface area contributed by atoms with Crippen molar-refractivity contribution in [3.63, 3.8) is 0 Å². The summed E-state index contributed by atoms with van der Waals surface area (Å²) in [6.07, 6.45) is 0.366. The van der Waals surface area contributed by atoms with E-state index in [-0.39, 0.29) is 11.8 Å². The number of methoxy groups -OCH3 is 1. The van der Waals surface area contributed by atoms with Gasteiger partial charge < -0.3 is 15.4 Å². The maximum atomic E-state index is 12.0. The van der Waals surface area contributed by atoms with Crippen molar-refractivity contribution in [2.45, 2.75) is 13.3 Å². The van der Waals surface area contributed by atoms with Crippen molar-refractivity contribution in [3.8, 4) is 5.75 Å².